The number of carboxylic acid groups (broad SMARTS) is 1. The van der Waals surface area contributed by atoms with E-state index in [-0.39, 0.29) is 19.3 Å². The Hall–Kier alpha value is -1.92. The summed E-state index contributed by atoms with van der Waals surface area (Å²) in [6.07, 6.45) is 0.514. The number of carbonyl (C=O) groups excluding carboxylic acids is 1. The van der Waals surface area contributed by atoms with Gasteiger partial charge in [0.15, 0.2) is 0 Å². The van der Waals surface area contributed by atoms with E-state index in [1.807, 2.05) is 32.0 Å². The third kappa shape index (κ3) is 4.09. The number of carbonyl (C=O) groups is 2. The molecule has 1 heterocycles. The molecule has 0 bridgehead atoms. The summed E-state index contributed by atoms with van der Waals surface area (Å²) in [5.41, 5.74) is 1.46. The normalized spacial score (nSPS) is 17.7. The molecule has 0 atom stereocenters. The zero-order valence-electron chi connectivity index (χ0n) is 13.8. The fourth-order valence-electron chi connectivity index (χ4n) is 2.79. The van der Waals surface area contributed by atoms with E-state index in [2.05, 4.69) is 0 Å². The second-order valence-corrected chi connectivity index (χ2v) is 5.99. The Bertz CT molecular complexity index is 591. The largest absolute Gasteiger partial charge is 0.478 e. The van der Waals surface area contributed by atoms with Crippen LogP contribution >= 0.6 is 0 Å². The molecule has 1 N–H and O–H groups in total. The number of rotatable bonds is 5. The number of aryl methyl sites for hydroxylation is 2. The van der Waals surface area contributed by atoms with Crippen LogP contribution in [0.4, 0.5) is 0 Å². The quantitative estimate of drug-likeness (QED) is 0.834. The van der Waals surface area contributed by atoms with Gasteiger partial charge in [-0.1, -0.05) is 23.8 Å². The predicted molar refractivity (Wildman–Crippen MR) is 83.9 cm³/mol. The van der Waals surface area contributed by atoms with Crippen molar-refractivity contribution in [2.24, 2.45) is 0 Å². The van der Waals surface area contributed by atoms with Gasteiger partial charge in [-0.25, -0.2) is 4.79 Å². The van der Waals surface area contributed by atoms with Gasteiger partial charge in [0.1, 0.15) is 0 Å². The molecule has 1 aromatic rings. The number of nitrogens with zero attached hydrogens (tertiary/aromatic N) is 1. The Kier molecular flexibility index (Phi) is 5.38. The summed E-state index contributed by atoms with van der Waals surface area (Å²) in [4.78, 5) is 29.0. The minimum absolute atomic E-state index is 0.0799. The van der Waals surface area contributed by atoms with Crippen LogP contribution in [-0.2, 0) is 25.6 Å². The molecule has 0 amide bonds. The number of ether oxygens (including phenoxy) is 1. The highest BCUT2D eigenvalue weighted by molar-refractivity contribution is 5.83. The molecule has 6 nitrogen and oxygen atoms in total. The molecule has 6 heteroatoms. The molecule has 126 valence electrons. The molecule has 1 aromatic carbocycles. The first-order valence-corrected chi connectivity index (χ1v) is 7.67. The number of aliphatic carboxylic acids is 1. The number of benzene rings is 1. The number of hydroxylamine groups is 2. The van der Waals surface area contributed by atoms with Crippen LogP contribution in [0.5, 0.6) is 0 Å². The Balaban J connectivity index is 2.07. The Morgan fingerprint density at radius 1 is 1.26 bits per heavy atom. The van der Waals surface area contributed by atoms with Crippen molar-refractivity contribution < 1.29 is 24.3 Å². The third-order valence-electron chi connectivity index (χ3n) is 4.33. The molecular formula is C17H23NO5. The van der Waals surface area contributed by atoms with Crippen LogP contribution < -0.4 is 0 Å². The molecule has 1 aliphatic rings. The molecule has 0 aromatic heterocycles. The second-order valence-electron chi connectivity index (χ2n) is 5.99. The van der Waals surface area contributed by atoms with Gasteiger partial charge in [0.05, 0.1) is 13.5 Å². The summed E-state index contributed by atoms with van der Waals surface area (Å²) in [5, 5.41) is 11.2. The standard InChI is InChI=1S/C17H23NO5/c1-12-4-5-13(2)14(10-12)11-15(19)23-17(16(20)21)6-8-18(22-3)9-7-17/h4-5,10H,6-9,11H2,1-3H3,(H,20,21). The van der Waals surface area contributed by atoms with E-state index < -0.39 is 17.5 Å². The summed E-state index contributed by atoms with van der Waals surface area (Å²) >= 11 is 0. The van der Waals surface area contributed by atoms with E-state index >= 15 is 0 Å². The summed E-state index contributed by atoms with van der Waals surface area (Å²) < 4.78 is 5.41. The predicted octanol–water partition coefficient (Wildman–Crippen LogP) is 1.87. The Morgan fingerprint density at radius 3 is 2.48 bits per heavy atom. The first kappa shape index (κ1) is 17.4. The average molecular weight is 321 g/mol. The minimum Gasteiger partial charge on any atom is -0.478 e. The molecular weight excluding hydrogens is 298 g/mol. The lowest BCUT2D eigenvalue weighted by Crippen LogP contribution is -2.52. The summed E-state index contributed by atoms with van der Waals surface area (Å²) in [5.74, 6) is -1.60. The van der Waals surface area contributed by atoms with Gasteiger partial charge in [-0.15, -0.1) is 0 Å². The molecule has 1 aliphatic heterocycles. The molecule has 0 unspecified atom stereocenters. The number of carboxylic acids is 1. The number of hydrogen-bond donors (Lipinski definition) is 1. The van der Waals surface area contributed by atoms with Crippen molar-refractivity contribution in [2.75, 3.05) is 20.2 Å². The highest BCUT2D eigenvalue weighted by Gasteiger charge is 2.45. The second kappa shape index (κ2) is 7.10. The van der Waals surface area contributed by atoms with Gasteiger partial charge < -0.3 is 14.7 Å². The van der Waals surface area contributed by atoms with E-state index in [0.717, 1.165) is 16.7 Å². The molecule has 1 fully saturated rings. The molecule has 0 aliphatic carbocycles. The maximum atomic E-state index is 12.3. The Morgan fingerprint density at radius 2 is 1.91 bits per heavy atom. The topological polar surface area (TPSA) is 76.1 Å². The smallest absolute Gasteiger partial charge is 0.348 e. The van der Waals surface area contributed by atoms with Crippen LogP contribution in [0, 0.1) is 13.8 Å². The van der Waals surface area contributed by atoms with Crippen molar-refractivity contribution in [3.63, 3.8) is 0 Å². The molecule has 0 spiro atoms. The highest BCUT2D eigenvalue weighted by Crippen LogP contribution is 2.28. The van der Waals surface area contributed by atoms with Crippen LogP contribution in [0.25, 0.3) is 0 Å². The average Bonchev–Trinajstić information content (AvgIpc) is 2.51. The van der Waals surface area contributed by atoms with Gasteiger partial charge >= 0.3 is 11.9 Å². The van der Waals surface area contributed by atoms with E-state index in [0.29, 0.717) is 13.1 Å². The van der Waals surface area contributed by atoms with Crippen LogP contribution in [0.15, 0.2) is 18.2 Å². The van der Waals surface area contributed by atoms with Crippen LogP contribution in [0.3, 0.4) is 0 Å². The third-order valence-corrected chi connectivity index (χ3v) is 4.33. The summed E-state index contributed by atoms with van der Waals surface area (Å²) in [6, 6.07) is 5.85. The molecule has 0 saturated carbocycles. The van der Waals surface area contributed by atoms with Crippen molar-refractivity contribution >= 4 is 11.9 Å². The van der Waals surface area contributed by atoms with Gasteiger partial charge in [-0.2, -0.15) is 5.06 Å². The molecule has 23 heavy (non-hydrogen) atoms. The lowest BCUT2D eigenvalue weighted by molar-refractivity contribution is -0.204. The zero-order valence-corrected chi connectivity index (χ0v) is 13.8. The zero-order chi connectivity index (χ0) is 17.0. The van der Waals surface area contributed by atoms with Gasteiger partial charge in [-0.3, -0.25) is 4.79 Å². The van der Waals surface area contributed by atoms with Crippen molar-refractivity contribution in [1.29, 1.82) is 0 Å². The van der Waals surface area contributed by atoms with Gasteiger partial charge in [-0.05, 0) is 25.0 Å². The maximum absolute atomic E-state index is 12.3. The molecule has 0 radical (unpaired) electrons. The first-order valence-electron chi connectivity index (χ1n) is 7.67. The van der Waals surface area contributed by atoms with Crippen LogP contribution in [-0.4, -0.2) is 47.9 Å². The number of piperidine rings is 1. The number of hydrogen-bond acceptors (Lipinski definition) is 5. The minimum atomic E-state index is -1.45. The fourth-order valence-corrected chi connectivity index (χ4v) is 2.79. The summed E-state index contributed by atoms with van der Waals surface area (Å²) in [7, 11) is 1.54. The van der Waals surface area contributed by atoms with Crippen LogP contribution in [0.1, 0.15) is 29.5 Å². The van der Waals surface area contributed by atoms with E-state index in [1.54, 1.807) is 12.2 Å². The summed E-state index contributed by atoms with van der Waals surface area (Å²) in [6.45, 7) is 4.71. The van der Waals surface area contributed by atoms with Crippen molar-refractivity contribution in [1.82, 2.24) is 5.06 Å². The van der Waals surface area contributed by atoms with Crippen molar-refractivity contribution in [3.8, 4) is 0 Å². The lowest BCUT2D eigenvalue weighted by Gasteiger charge is -2.37. The molecule has 1 saturated heterocycles. The van der Waals surface area contributed by atoms with Gasteiger partial charge in [0.2, 0.25) is 5.60 Å². The highest BCUT2D eigenvalue weighted by atomic mass is 16.7. The number of esters is 1. The fraction of sp³-hybridized carbons (Fsp3) is 0.529. The van der Waals surface area contributed by atoms with Crippen molar-refractivity contribution in [2.45, 2.75) is 38.7 Å². The monoisotopic (exact) mass is 321 g/mol. The SMILES string of the molecule is CON1CCC(OC(=O)Cc2cc(C)ccc2C)(C(=O)O)CC1. The van der Waals surface area contributed by atoms with Gasteiger partial charge in [0.25, 0.3) is 0 Å². The van der Waals surface area contributed by atoms with E-state index in [9.17, 15) is 14.7 Å². The van der Waals surface area contributed by atoms with Crippen LogP contribution in [0.2, 0.25) is 0 Å². The molecule has 2 rings (SSSR count). The van der Waals surface area contributed by atoms with E-state index in [4.69, 9.17) is 9.57 Å². The Labute approximate surface area is 135 Å². The maximum Gasteiger partial charge on any atom is 0.348 e. The first-order chi connectivity index (χ1) is 10.9. The van der Waals surface area contributed by atoms with Gasteiger partial charge in [0, 0.05) is 25.9 Å². The van der Waals surface area contributed by atoms with Crippen molar-refractivity contribution in [3.05, 3.63) is 34.9 Å². The van der Waals surface area contributed by atoms with E-state index in [1.165, 1.54) is 0 Å². The lowest BCUT2D eigenvalue weighted by atomic mass is 9.92.